The molecule has 3 N–H and O–H groups in total. The molecule has 0 aliphatic rings. The van der Waals surface area contributed by atoms with Gasteiger partial charge in [-0.05, 0) is 62.6 Å². The molecule has 0 radical (unpaired) electrons. The van der Waals surface area contributed by atoms with Gasteiger partial charge in [0.1, 0.15) is 5.76 Å². The van der Waals surface area contributed by atoms with Crippen LogP contribution in [0, 0.1) is 20.8 Å². The summed E-state index contributed by atoms with van der Waals surface area (Å²) in [6.45, 7) is 7.09. The Balaban J connectivity index is 2.46. The molecule has 1 unspecified atom stereocenters. The van der Waals surface area contributed by atoms with Crippen molar-refractivity contribution in [2.75, 3.05) is 5.73 Å². The monoisotopic (exact) mass is 308 g/mol. The van der Waals surface area contributed by atoms with E-state index in [1.165, 1.54) is 6.26 Å². The van der Waals surface area contributed by atoms with Crippen LogP contribution in [0.3, 0.4) is 0 Å². The van der Waals surface area contributed by atoms with Crippen molar-refractivity contribution in [2.45, 2.75) is 38.6 Å². The third-order valence-electron chi connectivity index (χ3n) is 3.65. The van der Waals surface area contributed by atoms with Crippen molar-refractivity contribution in [3.63, 3.8) is 0 Å². The first kappa shape index (κ1) is 15.6. The van der Waals surface area contributed by atoms with Crippen molar-refractivity contribution in [3.8, 4) is 0 Å². The molecule has 5 nitrogen and oxygen atoms in total. The Morgan fingerprint density at radius 1 is 1.24 bits per heavy atom. The Bertz CT molecular complexity index is 723. The summed E-state index contributed by atoms with van der Waals surface area (Å²) < 4.78 is 33.2. The minimum Gasteiger partial charge on any atom is -0.468 e. The first-order chi connectivity index (χ1) is 9.74. The minimum atomic E-state index is -3.68. The van der Waals surface area contributed by atoms with Gasteiger partial charge in [0.15, 0.2) is 0 Å². The van der Waals surface area contributed by atoms with Crippen LogP contribution in [0.15, 0.2) is 33.8 Å². The molecule has 1 heterocycles. The number of nitrogen functional groups attached to an aromatic ring is 1. The maximum Gasteiger partial charge on any atom is 0.241 e. The Hall–Kier alpha value is -1.79. The van der Waals surface area contributed by atoms with Crippen LogP contribution in [0.25, 0.3) is 0 Å². The van der Waals surface area contributed by atoms with Gasteiger partial charge in [0, 0.05) is 5.69 Å². The van der Waals surface area contributed by atoms with E-state index >= 15 is 0 Å². The molecular formula is C15H20N2O3S. The predicted octanol–water partition coefficient (Wildman–Crippen LogP) is 2.83. The lowest BCUT2D eigenvalue weighted by Crippen LogP contribution is -2.28. The van der Waals surface area contributed by atoms with Gasteiger partial charge >= 0.3 is 0 Å². The van der Waals surface area contributed by atoms with Crippen LogP contribution in [0.2, 0.25) is 0 Å². The summed E-state index contributed by atoms with van der Waals surface area (Å²) in [6.07, 6.45) is 1.52. The average Bonchev–Trinajstić information content (AvgIpc) is 2.89. The van der Waals surface area contributed by atoms with Gasteiger partial charge in [0.25, 0.3) is 0 Å². The molecule has 1 aromatic heterocycles. The Labute approximate surface area is 125 Å². The van der Waals surface area contributed by atoms with Gasteiger partial charge in [-0.25, -0.2) is 13.1 Å². The summed E-state index contributed by atoms with van der Waals surface area (Å²) in [7, 11) is -3.68. The van der Waals surface area contributed by atoms with E-state index in [0.717, 1.165) is 5.56 Å². The predicted molar refractivity (Wildman–Crippen MR) is 82.5 cm³/mol. The average molecular weight is 308 g/mol. The molecule has 2 rings (SSSR count). The van der Waals surface area contributed by atoms with Crippen LogP contribution >= 0.6 is 0 Å². The summed E-state index contributed by atoms with van der Waals surface area (Å²) in [5.41, 5.74) is 8.50. The molecule has 0 bridgehead atoms. The Morgan fingerprint density at radius 2 is 1.90 bits per heavy atom. The van der Waals surface area contributed by atoms with Crippen LogP contribution < -0.4 is 10.5 Å². The van der Waals surface area contributed by atoms with Crippen LogP contribution in [-0.2, 0) is 10.0 Å². The molecule has 0 fully saturated rings. The largest absolute Gasteiger partial charge is 0.468 e. The van der Waals surface area contributed by atoms with E-state index in [0.29, 0.717) is 22.6 Å². The second kappa shape index (κ2) is 5.54. The number of anilines is 1. The molecule has 0 amide bonds. The fourth-order valence-electron chi connectivity index (χ4n) is 2.33. The van der Waals surface area contributed by atoms with Gasteiger partial charge < -0.3 is 10.2 Å². The van der Waals surface area contributed by atoms with Crippen molar-refractivity contribution in [2.24, 2.45) is 0 Å². The number of furan rings is 1. The fourth-order valence-corrected chi connectivity index (χ4v) is 4.12. The van der Waals surface area contributed by atoms with Gasteiger partial charge in [0.05, 0.1) is 17.2 Å². The highest BCUT2D eigenvalue weighted by atomic mass is 32.2. The van der Waals surface area contributed by atoms with Crippen molar-refractivity contribution in [3.05, 3.63) is 46.9 Å². The van der Waals surface area contributed by atoms with Gasteiger partial charge in [-0.3, -0.25) is 0 Å². The number of aryl methyl sites for hydroxylation is 1. The lowest BCUT2D eigenvalue weighted by atomic mass is 10.1. The van der Waals surface area contributed by atoms with Gasteiger partial charge in [-0.1, -0.05) is 0 Å². The Morgan fingerprint density at radius 3 is 2.48 bits per heavy atom. The summed E-state index contributed by atoms with van der Waals surface area (Å²) in [4.78, 5) is 0.249. The highest BCUT2D eigenvalue weighted by molar-refractivity contribution is 7.89. The molecule has 0 saturated carbocycles. The van der Waals surface area contributed by atoms with E-state index in [9.17, 15) is 8.42 Å². The third-order valence-corrected chi connectivity index (χ3v) is 5.46. The number of hydrogen-bond donors (Lipinski definition) is 2. The van der Waals surface area contributed by atoms with Gasteiger partial charge in [-0.15, -0.1) is 0 Å². The van der Waals surface area contributed by atoms with Crippen LogP contribution in [0.1, 0.15) is 35.4 Å². The zero-order valence-electron chi connectivity index (χ0n) is 12.6. The van der Waals surface area contributed by atoms with Crippen LogP contribution in [-0.4, -0.2) is 8.42 Å². The zero-order chi connectivity index (χ0) is 15.8. The molecule has 114 valence electrons. The molecule has 2 aromatic rings. The van der Waals surface area contributed by atoms with E-state index in [1.54, 1.807) is 39.0 Å². The normalized spacial score (nSPS) is 13.3. The summed E-state index contributed by atoms with van der Waals surface area (Å²) in [5.74, 6) is 0.564. The molecule has 1 aromatic carbocycles. The highest BCUT2D eigenvalue weighted by Gasteiger charge is 2.25. The lowest BCUT2D eigenvalue weighted by molar-refractivity contribution is 0.459. The molecule has 6 heteroatoms. The summed E-state index contributed by atoms with van der Waals surface area (Å²) >= 11 is 0. The van der Waals surface area contributed by atoms with Crippen molar-refractivity contribution in [1.29, 1.82) is 0 Å². The molecule has 1 atom stereocenters. The molecule has 21 heavy (non-hydrogen) atoms. The van der Waals surface area contributed by atoms with Crippen LogP contribution in [0.5, 0.6) is 0 Å². The standard InChI is InChI=1S/C15H20N2O3S/c1-9-8-13(16)11(3)15(10(9)2)21(18,19)17-12(4)14-6-5-7-20-14/h5-8,12,17H,16H2,1-4H3. The first-order valence-electron chi connectivity index (χ1n) is 6.66. The number of benzene rings is 1. The molecule has 0 aliphatic heterocycles. The topological polar surface area (TPSA) is 85.3 Å². The second-order valence-corrected chi connectivity index (χ2v) is 6.87. The number of nitrogens with two attached hydrogens (primary N) is 1. The van der Waals surface area contributed by atoms with E-state index < -0.39 is 16.1 Å². The van der Waals surface area contributed by atoms with Crippen molar-refractivity contribution < 1.29 is 12.8 Å². The molecule has 0 spiro atoms. The summed E-state index contributed by atoms with van der Waals surface area (Å²) in [6, 6.07) is 4.80. The fraction of sp³-hybridized carbons (Fsp3) is 0.333. The molecule has 0 aliphatic carbocycles. The number of hydrogen-bond acceptors (Lipinski definition) is 4. The first-order valence-corrected chi connectivity index (χ1v) is 8.14. The maximum absolute atomic E-state index is 12.7. The highest BCUT2D eigenvalue weighted by Crippen LogP contribution is 2.29. The summed E-state index contributed by atoms with van der Waals surface area (Å²) in [5, 5.41) is 0. The van der Waals surface area contributed by atoms with Gasteiger partial charge in [-0.2, -0.15) is 0 Å². The minimum absolute atomic E-state index is 0.249. The third kappa shape index (κ3) is 2.96. The quantitative estimate of drug-likeness (QED) is 0.850. The number of nitrogens with one attached hydrogen (secondary N) is 1. The molecule has 0 saturated heterocycles. The number of sulfonamides is 1. The lowest BCUT2D eigenvalue weighted by Gasteiger charge is -2.18. The molecular weight excluding hydrogens is 288 g/mol. The van der Waals surface area contributed by atoms with E-state index in [1.807, 2.05) is 6.92 Å². The second-order valence-electron chi connectivity index (χ2n) is 5.22. The van der Waals surface area contributed by atoms with Crippen LogP contribution in [0.4, 0.5) is 5.69 Å². The number of rotatable bonds is 4. The van der Waals surface area contributed by atoms with E-state index in [4.69, 9.17) is 10.2 Å². The zero-order valence-corrected chi connectivity index (χ0v) is 13.4. The smallest absolute Gasteiger partial charge is 0.241 e. The Kier molecular flexibility index (Phi) is 4.11. The van der Waals surface area contributed by atoms with Crippen molar-refractivity contribution in [1.82, 2.24) is 4.72 Å². The van der Waals surface area contributed by atoms with Crippen molar-refractivity contribution >= 4 is 15.7 Å². The van der Waals surface area contributed by atoms with Gasteiger partial charge in [0.2, 0.25) is 10.0 Å². The SMILES string of the molecule is Cc1cc(N)c(C)c(S(=O)(=O)NC(C)c2ccco2)c1C. The van der Waals surface area contributed by atoms with E-state index in [2.05, 4.69) is 4.72 Å². The van der Waals surface area contributed by atoms with E-state index in [-0.39, 0.29) is 4.90 Å². The maximum atomic E-state index is 12.7.